The summed E-state index contributed by atoms with van der Waals surface area (Å²) in [5.74, 6) is 0. The van der Waals surface area contributed by atoms with E-state index in [2.05, 4.69) is 114 Å². The molecule has 0 fully saturated rings. The Kier molecular flexibility index (Phi) is 5.49. The van der Waals surface area contributed by atoms with Gasteiger partial charge in [0.05, 0.1) is 5.60 Å². The van der Waals surface area contributed by atoms with E-state index in [-0.39, 0.29) is 0 Å². The Balaban J connectivity index is 2.33. The molecule has 0 amide bonds. The standard InChI is InChI=1S/C28H34O/c1-25(2,22-16-10-7-11-17-22)28(29,26(3,4)23-18-12-8-13-19-23)27(5,6)24-20-14-9-15-21-24/h7-21,29H,1-6H3. The molecule has 1 N–H and O–H groups in total. The van der Waals surface area contributed by atoms with Gasteiger partial charge in [-0.3, -0.25) is 0 Å². The van der Waals surface area contributed by atoms with E-state index < -0.39 is 21.8 Å². The summed E-state index contributed by atoms with van der Waals surface area (Å²) in [4.78, 5) is 0. The summed E-state index contributed by atoms with van der Waals surface area (Å²) in [6.45, 7) is 13.1. The summed E-state index contributed by atoms with van der Waals surface area (Å²) in [6.07, 6.45) is 0. The molecule has 152 valence electrons. The molecule has 3 rings (SSSR count). The van der Waals surface area contributed by atoms with Crippen LogP contribution in [0.4, 0.5) is 0 Å². The zero-order valence-corrected chi connectivity index (χ0v) is 18.6. The van der Waals surface area contributed by atoms with Crippen LogP contribution in [-0.4, -0.2) is 10.7 Å². The van der Waals surface area contributed by atoms with Crippen molar-refractivity contribution in [1.82, 2.24) is 0 Å². The van der Waals surface area contributed by atoms with Gasteiger partial charge >= 0.3 is 0 Å². The van der Waals surface area contributed by atoms with E-state index in [1.165, 1.54) is 0 Å². The molecule has 0 aliphatic heterocycles. The van der Waals surface area contributed by atoms with Crippen LogP contribution in [-0.2, 0) is 16.2 Å². The maximum atomic E-state index is 13.0. The Morgan fingerprint density at radius 2 is 0.621 bits per heavy atom. The second-order valence-corrected chi connectivity index (χ2v) is 9.68. The summed E-state index contributed by atoms with van der Waals surface area (Å²) in [6, 6.07) is 31.2. The molecule has 0 saturated carbocycles. The lowest BCUT2D eigenvalue weighted by molar-refractivity contribution is -0.134. The van der Waals surface area contributed by atoms with E-state index in [1.54, 1.807) is 0 Å². The van der Waals surface area contributed by atoms with E-state index in [4.69, 9.17) is 0 Å². The Morgan fingerprint density at radius 3 is 0.828 bits per heavy atom. The first kappa shape index (κ1) is 21.3. The minimum absolute atomic E-state index is 0.521. The number of benzene rings is 3. The molecule has 29 heavy (non-hydrogen) atoms. The fourth-order valence-corrected chi connectivity index (χ4v) is 5.53. The predicted octanol–water partition coefficient (Wildman–Crippen LogP) is 6.65. The van der Waals surface area contributed by atoms with Gasteiger partial charge in [0.1, 0.15) is 0 Å². The summed E-state index contributed by atoms with van der Waals surface area (Å²) in [7, 11) is 0. The molecule has 0 aliphatic rings. The van der Waals surface area contributed by atoms with E-state index in [0.29, 0.717) is 0 Å². The van der Waals surface area contributed by atoms with Crippen LogP contribution in [0.5, 0.6) is 0 Å². The lowest BCUT2D eigenvalue weighted by Gasteiger charge is -2.60. The zero-order chi connectivity index (χ0) is 21.3. The SMILES string of the molecule is CC(C)(c1ccccc1)C(O)(C(C)(C)c1ccccc1)C(C)(C)c1ccccc1. The van der Waals surface area contributed by atoms with Gasteiger partial charge in [0.15, 0.2) is 0 Å². The van der Waals surface area contributed by atoms with E-state index in [0.717, 1.165) is 16.7 Å². The molecule has 0 radical (unpaired) electrons. The number of hydrogen-bond acceptors (Lipinski definition) is 1. The number of aliphatic hydroxyl groups is 1. The Labute approximate surface area is 176 Å². The highest BCUT2D eigenvalue weighted by Crippen LogP contribution is 2.56. The second kappa shape index (κ2) is 7.46. The summed E-state index contributed by atoms with van der Waals surface area (Å²) < 4.78 is 0. The molecule has 1 heteroatoms. The average Bonchev–Trinajstić information content (AvgIpc) is 2.74. The minimum Gasteiger partial charge on any atom is -0.387 e. The van der Waals surface area contributed by atoms with Crippen molar-refractivity contribution in [1.29, 1.82) is 0 Å². The van der Waals surface area contributed by atoms with Gasteiger partial charge in [0.2, 0.25) is 0 Å². The third-order valence-electron chi connectivity index (χ3n) is 7.20. The van der Waals surface area contributed by atoms with Gasteiger partial charge in [-0.15, -0.1) is 0 Å². The lowest BCUT2D eigenvalue weighted by Crippen LogP contribution is -2.69. The van der Waals surface area contributed by atoms with Crippen LogP contribution in [0.15, 0.2) is 91.0 Å². The highest BCUT2D eigenvalue weighted by molar-refractivity contribution is 5.43. The van der Waals surface area contributed by atoms with Crippen molar-refractivity contribution in [3.05, 3.63) is 108 Å². The Bertz CT molecular complexity index is 797. The molecule has 0 aliphatic carbocycles. The van der Waals surface area contributed by atoms with Gasteiger partial charge < -0.3 is 5.11 Å². The van der Waals surface area contributed by atoms with Crippen molar-refractivity contribution >= 4 is 0 Å². The molecular formula is C28H34O. The summed E-state index contributed by atoms with van der Waals surface area (Å²) in [5, 5.41) is 13.0. The Morgan fingerprint density at radius 1 is 0.414 bits per heavy atom. The predicted molar refractivity (Wildman–Crippen MR) is 123 cm³/mol. The topological polar surface area (TPSA) is 20.2 Å². The first-order chi connectivity index (χ1) is 13.6. The van der Waals surface area contributed by atoms with Crippen LogP contribution in [0.25, 0.3) is 0 Å². The molecular weight excluding hydrogens is 352 g/mol. The highest BCUT2D eigenvalue weighted by Gasteiger charge is 2.63. The summed E-state index contributed by atoms with van der Waals surface area (Å²) >= 11 is 0. The fraction of sp³-hybridized carbons (Fsp3) is 0.357. The first-order valence-electron chi connectivity index (χ1n) is 10.5. The molecule has 0 saturated heterocycles. The van der Waals surface area contributed by atoms with Crippen molar-refractivity contribution in [3.8, 4) is 0 Å². The molecule has 0 atom stereocenters. The monoisotopic (exact) mass is 386 g/mol. The molecule has 0 aromatic heterocycles. The van der Waals surface area contributed by atoms with Crippen molar-refractivity contribution in [2.24, 2.45) is 0 Å². The van der Waals surface area contributed by atoms with Crippen LogP contribution in [0.2, 0.25) is 0 Å². The zero-order valence-electron chi connectivity index (χ0n) is 18.6. The van der Waals surface area contributed by atoms with Crippen LogP contribution < -0.4 is 0 Å². The van der Waals surface area contributed by atoms with E-state index in [1.807, 2.05) is 18.2 Å². The van der Waals surface area contributed by atoms with Crippen LogP contribution in [0, 0.1) is 0 Å². The molecule has 0 heterocycles. The van der Waals surface area contributed by atoms with E-state index in [9.17, 15) is 5.11 Å². The van der Waals surface area contributed by atoms with Crippen molar-refractivity contribution in [3.63, 3.8) is 0 Å². The average molecular weight is 387 g/mol. The highest BCUT2D eigenvalue weighted by atomic mass is 16.3. The largest absolute Gasteiger partial charge is 0.387 e. The van der Waals surface area contributed by atoms with Gasteiger partial charge in [0, 0.05) is 16.2 Å². The van der Waals surface area contributed by atoms with E-state index >= 15 is 0 Å². The van der Waals surface area contributed by atoms with Gasteiger partial charge in [0.25, 0.3) is 0 Å². The molecule has 0 spiro atoms. The lowest BCUT2D eigenvalue weighted by atomic mass is 9.46. The maximum Gasteiger partial charge on any atom is 0.0919 e. The smallest absolute Gasteiger partial charge is 0.0919 e. The molecule has 1 nitrogen and oxygen atoms in total. The molecule has 3 aromatic carbocycles. The quantitative estimate of drug-likeness (QED) is 0.503. The third-order valence-corrected chi connectivity index (χ3v) is 7.20. The number of hydrogen-bond donors (Lipinski definition) is 1. The minimum atomic E-state index is -1.10. The van der Waals surface area contributed by atoms with Crippen LogP contribution in [0.1, 0.15) is 58.2 Å². The molecule has 0 bridgehead atoms. The van der Waals surface area contributed by atoms with Crippen molar-refractivity contribution < 1.29 is 5.11 Å². The summed E-state index contributed by atoms with van der Waals surface area (Å²) in [5.41, 5.74) is 0.741. The first-order valence-corrected chi connectivity index (χ1v) is 10.5. The van der Waals surface area contributed by atoms with Gasteiger partial charge in [-0.05, 0) is 16.7 Å². The van der Waals surface area contributed by atoms with Crippen molar-refractivity contribution in [2.45, 2.75) is 63.4 Å². The van der Waals surface area contributed by atoms with Crippen molar-refractivity contribution in [2.75, 3.05) is 0 Å². The van der Waals surface area contributed by atoms with Crippen LogP contribution >= 0.6 is 0 Å². The Hall–Kier alpha value is -2.38. The van der Waals surface area contributed by atoms with Gasteiger partial charge in [-0.25, -0.2) is 0 Å². The molecule has 3 aromatic rings. The van der Waals surface area contributed by atoms with Crippen LogP contribution in [0.3, 0.4) is 0 Å². The second-order valence-electron chi connectivity index (χ2n) is 9.68. The number of rotatable bonds is 6. The van der Waals surface area contributed by atoms with Gasteiger partial charge in [-0.1, -0.05) is 133 Å². The maximum absolute atomic E-state index is 13.0. The normalized spacial score (nSPS) is 13.3. The molecule has 0 unspecified atom stereocenters. The fourth-order valence-electron chi connectivity index (χ4n) is 5.53. The third kappa shape index (κ3) is 3.22. The van der Waals surface area contributed by atoms with Gasteiger partial charge in [-0.2, -0.15) is 0 Å².